The van der Waals surface area contributed by atoms with Gasteiger partial charge in [-0.2, -0.15) is 5.10 Å². The summed E-state index contributed by atoms with van der Waals surface area (Å²) in [7, 11) is 2.19. The molecule has 1 saturated heterocycles. The second kappa shape index (κ2) is 4.77. The standard InChI is InChI=1S/C11H20N4/c1-3-6-15-10(4-5-13-15)9-14(2)11-7-12-8-11/h4-5,11-12H,3,6-9H2,1-2H3. The smallest absolute Gasteiger partial charge is 0.0524 e. The van der Waals surface area contributed by atoms with Gasteiger partial charge in [0.05, 0.1) is 5.69 Å². The average Bonchev–Trinajstić information content (AvgIpc) is 2.50. The zero-order chi connectivity index (χ0) is 10.7. The van der Waals surface area contributed by atoms with E-state index in [0.29, 0.717) is 6.04 Å². The topological polar surface area (TPSA) is 33.1 Å². The minimum atomic E-state index is 0.704. The minimum absolute atomic E-state index is 0.704. The number of hydrogen-bond acceptors (Lipinski definition) is 3. The largest absolute Gasteiger partial charge is 0.314 e. The number of rotatable bonds is 5. The molecular weight excluding hydrogens is 188 g/mol. The van der Waals surface area contributed by atoms with Gasteiger partial charge in [0, 0.05) is 38.4 Å². The molecule has 0 atom stereocenters. The molecule has 0 radical (unpaired) electrons. The van der Waals surface area contributed by atoms with E-state index in [4.69, 9.17) is 0 Å². The summed E-state index contributed by atoms with van der Waals surface area (Å²) in [6.45, 7) is 6.47. The Kier molecular flexibility index (Phi) is 3.38. The van der Waals surface area contributed by atoms with Crippen LogP contribution in [0, 0.1) is 0 Å². The number of likely N-dealkylation sites (N-methyl/N-ethyl adjacent to an activating group) is 1. The Bertz CT molecular complexity index is 303. The van der Waals surface area contributed by atoms with E-state index in [1.165, 1.54) is 5.69 Å². The van der Waals surface area contributed by atoms with E-state index in [2.05, 4.69) is 40.0 Å². The SMILES string of the molecule is CCCn1nccc1CN(C)C1CNC1. The molecule has 0 bridgehead atoms. The van der Waals surface area contributed by atoms with Crippen LogP contribution in [-0.2, 0) is 13.1 Å². The van der Waals surface area contributed by atoms with Crippen LogP contribution in [0.3, 0.4) is 0 Å². The predicted octanol–water partition coefficient (Wildman–Crippen LogP) is 0.697. The summed E-state index contributed by atoms with van der Waals surface area (Å²) in [5.74, 6) is 0. The number of nitrogens with zero attached hydrogens (tertiary/aromatic N) is 3. The van der Waals surface area contributed by atoms with Gasteiger partial charge in [-0.15, -0.1) is 0 Å². The van der Waals surface area contributed by atoms with Gasteiger partial charge in [0.1, 0.15) is 0 Å². The maximum absolute atomic E-state index is 4.34. The van der Waals surface area contributed by atoms with Crippen LogP contribution in [0.25, 0.3) is 0 Å². The van der Waals surface area contributed by atoms with Gasteiger partial charge in [-0.25, -0.2) is 0 Å². The van der Waals surface area contributed by atoms with Crippen molar-refractivity contribution in [2.75, 3.05) is 20.1 Å². The molecule has 2 rings (SSSR count). The van der Waals surface area contributed by atoms with Gasteiger partial charge in [0.15, 0.2) is 0 Å². The van der Waals surface area contributed by atoms with Crippen LogP contribution in [0.4, 0.5) is 0 Å². The molecular formula is C11H20N4. The first-order valence-electron chi connectivity index (χ1n) is 5.73. The van der Waals surface area contributed by atoms with E-state index in [1.54, 1.807) is 0 Å². The fourth-order valence-corrected chi connectivity index (χ4v) is 1.88. The molecule has 1 aromatic heterocycles. The number of hydrogen-bond donors (Lipinski definition) is 1. The minimum Gasteiger partial charge on any atom is -0.314 e. The predicted molar refractivity (Wildman–Crippen MR) is 60.6 cm³/mol. The van der Waals surface area contributed by atoms with Crippen molar-refractivity contribution in [1.82, 2.24) is 20.0 Å². The first kappa shape index (κ1) is 10.6. The average molecular weight is 208 g/mol. The number of aromatic nitrogens is 2. The first-order chi connectivity index (χ1) is 7.31. The van der Waals surface area contributed by atoms with Crippen molar-refractivity contribution in [3.63, 3.8) is 0 Å². The lowest BCUT2D eigenvalue weighted by atomic mass is 10.1. The quantitative estimate of drug-likeness (QED) is 0.773. The molecule has 4 heteroatoms. The highest BCUT2D eigenvalue weighted by molar-refractivity contribution is 5.01. The highest BCUT2D eigenvalue weighted by Crippen LogP contribution is 2.09. The summed E-state index contributed by atoms with van der Waals surface area (Å²) in [6, 6.07) is 2.83. The van der Waals surface area contributed by atoms with Crippen molar-refractivity contribution in [3.05, 3.63) is 18.0 Å². The highest BCUT2D eigenvalue weighted by Gasteiger charge is 2.21. The third-order valence-electron chi connectivity index (χ3n) is 3.03. The van der Waals surface area contributed by atoms with Crippen molar-refractivity contribution in [2.45, 2.75) is 32.5 Å². The molecule has 1 aliphatic heterocycles. The van der Waals surface area contributed by atoms with Crippen LogP contribution in [0.2, 0.25) is 0 Å². The lowest BCUT2D eigenvalue weighted by Crippen LogP contribution is -2.55. The van der Waals surface area contributed by atoms with Crippen LogP contribution in [0.5, 0.6) is 0 Å². The summed E-state index contributed by atoms with van der Waals surface area (Å²) < 4.78 is 2.11. The van der Waals surface area contributed by atoms with Crippen LogP contribution < -0.4 is 5.32 Å². The van der Waals surface area contributed by atoms with E-state index < -0.39 is 0 Å². The summed E-state index contributed by atoms with van der Waals surface area (Å²) in [5, 5.41) is 7.63. The molecule has 0 spiro atoms. The van der Waals surface area contributed by atoms with Gasteiger partial charge in [-0.3, -0.25) is 9.58 Å². The monoisotopic (exact) mass is 208 g/mol. The van der Waals surface area contributed by atoms with E-state index in [1.807, 2.05) is 6.20 Å². The lowest BCUT2D eigenvalue weighted by Gasteiger charge is -2.35. The second-order valence-electron chi connectivity index (χ2n) is 4.27. The van der Waals surface area contributed by atoms with Crippen LogP contribution in [-0.4, -0.2) is 40.9 Å². The fourth-order valence-electron chi connectivity index (χ4n) is 1.88. The zero-order valence-electron chi connectivity index (χ0n) is 9.61. The Morgan fingerprint density at radius 3 is 3.00 bits per heavy atom. The Morgan fingerprint density at radius 2 is 2.40 bits per heavy atom. The van der Waals surface area contributed by atoms with Gasteiger partial charge in [0.2, 0.25) is 0 Å². The van der Waals surface area contributed by atoms with E-state index in [0.717, 1.165) is 32.6 Å². The van der Waals surface area contributed by atoms with Crippen molar-refractivity contribution >= 4 is 0 Å². The molecule has 1 N–H and O–H groups in total. The Hall–Kier alpha value is -0.870. The number of nitrogens with one attached hydrogen (secondary N) is 1. The summed E-state index contributed by atoms with van der Waals surface area (Å²) in [4.78, 5) is 2.40. The maximum Gasteiger partial charge on any atom is 0.0524 e. The van der Waals surface area contributed by atoms with E-state index in [9.17, 15) is 0 Å². The molecule has 0 aromatic carbocycles. The summed E-state index contributed by atoms with van der Waals surface area (Å²) >= 11 is 0. The van der Waals surface area contributed by atoms with Crippen LogP contribution >= 0.6 is 0 Å². The Labute approximate surface area is 91.3 Å². The molecule has 15 heavy (non-hydrogen) atoms. The normalized spacial score (nSPS) is 17.0. The van der Waals surface area contributed by atoms with Gasteiger partial charge < -0.3 is 5.32 Å². The molecule has 1 aliphatic rings. The van der Waals surface area contributed by atoms with Crippen molar-refractivity contribution in [2.24, 2.45) is 0 Å². The third-order valence-corrected chi connectivity index (χ3v) is 3.03. The molecule has 2 heterocycles. The Balaban J connectivity index is 1.93. The molecule has 0 amide bonds. The van der Waals surface area contributed by atoms with Crippen molar-refractivity contribution in [3.8, 4) is 0 Å². The molecule has 0 saturated carbocycles. The van der Waals surface area contributed by atoms with Crippen molar-refractivity contribution in [1.29, 1.82) is 0 Å². The molecule has 0 unspecified atom stereocenters. The van der Waals surface area contributed by atoms with Gasteiger partial charge >= 0.3 is 0 Å². The molecule has 1 aromatic rings. The van der Waals surface area contributed by atoms with Gasteiger partial charge in [-0.05, 0) is 19.5 Å². The first-order valence-corrected chi connectivity index (χ1v) is 5.73. The molecule has 4 nitrogen and oxygen atoms in total. The summed E-state index contributed by atoms with van der Waals surface area (Å²) in [6.07, 6.45) is 3.04. The maximum atomic E-state index is 4.34. The Morgan fingerprint density at radius 1 is 1.60 bits per heavy atom. The fraction of sp³-hybridized carbons (Fsp3) is 0.727. The van der Waals surface area contributed by atoms with Gasteiger partial charge in [0.25, 0.3) is 0 Å². The van der Waals surface area contributed by atoms with Crippen molar-refractivity contribution < 1.29 is 0 Å². The lowest BCUT2D eigenvalue weighted by molar-refractivity contribution is 0.169. The highest BCUT2D eigenvalue weighted by atomic mass is 15.3. The third kappa shape index (κ3) is 2.38. The molecule has 0 aliphatic carbocycles. The van der Waals surface area contributed by atoms with Crippen LogP contribution in [0.1, 0.15) is 19.0 Å². The van der Waals surface area contributed by atoms with E-state index in [-0.39, 0.29) is 0 Å². The molecule has 84 valence electrons. The summed E-state index contributed by atoms with van der Waals surface area (Å²) in [5.41, 5.74) is 1.33. The second-order valence-corrected chi connectivity index (χ2v) is 4.27. The van der Waals surface area contributed by atoms with E-state index >= 15 is 0 Å². The molecule has 1 fully saturated rings. The zero-order valence-corrected chi connectivity index (χ0v) is 9.61. The van der Waals surface area contributed by atoms with Crippen LogP contribution in [0.15, 0.2) is 12.3 Å². The number of aryl methyl sites for hydroxylation is 1. The van der Waals surface area contributed by atoms with Gasteiger partial charge in [-0.1, -0.05) is 6.92 Å².